The van der Waals surface area contributed by atoms with Crippen molar-refractivity contribution in [3.8, 4) is 33.7 Å². The molecule has 0 saturated heterocycles. The average molecular weight is 640 g/mol. The molecule has 0 aliphatic heterocycles. The van der Waals surface area contributed by atoms with Crippen molar-refractivity contribution in [3.05, 3.63) is 109 Å². The first-order valence-corrected chi connectivity index (χ1v) is 10.8. The van der Waals surface area contributed by atoms with Crippen molar-refractivity contribution in [1.82, 2.24) is 9.97 Å². The molecular formula is C29H23IrN2O3-. The van der Waals surface area contributed by atoms with E-state index in [1.807, 2.05) is 60.7 Å². The molecule has 6 heteroatoms. The second kappa shape index (κ2) is 12.0. The van der Waals surface area contributed by atoms with Crippen LogP contribution in [0.5, 0.6) is 0 Å². The number of rotatable bonds is 4. The Kier molecular flexibility index (Phi) is 8.85. The SMILES string of the molecule is CC(=O)/C=C(/C)O.[Ir].[c-]1ccc(-c2ccccc2)cc1-c1ncnc2cc(-c3ccccc3)oc12. The number of carbonyl (C=O) groups excluding carboxylic acids is 1. The zero-order valence-corrected chi connectivity index (χ0v) is 21.6. The third-order valence-electron chi connectivity index (χ3n) is 4.95. The van der Waals surface area contributed by atoms with E-state index >= 15 is 0 Å². The minimum Gasteiger partial charge on any atom is -0.512 e. The number of allylic oxidation sites excluding steroid dienone is 2. The predicted octanol–water partition coefficient (Wildman–Crippen LogP) is 7.06. The van der Waals surface area contributed by atoms with Gasteiger partial charge in [0, 0.05) is 43.5 Å². The molecule has 2 aromatic heterocycles. The standard InChI is InChI=1S/C24H15N2O.C5H8O2.Ir/c1-3-8-17(9-4-1)19-12-7-13-20(14-19)23-24-21(25-16-26-23)15-22(27-24)18-10-5-2-6-11-18;1-4(6)3-5(2)7;/h1-12,14-16H;3,6H,1-2H3;/q-1;;/b;4-3-;. The average Bonchev–Trinajstić information content (AvgIpc) is 3.29. The monoisotopic (exact) mass is 640 g/mol. The number of nitrogens with zero attached hydrogens (tertiary/aromatic N) is 2. The Labute approximate surface area is 217 Å². The molecule has 0 bridgehead atoms. The zero-order chi connectivity index (χ0) is 23.9. The van der Waals surface area contributed by atoms with E-state index in [9.17, 15) is 4.79 Å². The summed E-state index contributed by atoms with van der Waals surface area (Å²) in [5.74, 6) is 0.721. The quantitative estimate of drug-likeness (QED) is 0.130. The van der Waals surface area contributed by atoms with Crippen LogP contribution in [-0.2, 0) is 24.9 Å². The summed E-state index contributed by atoms with van der Waals surface area (Å²) >= 11 is 0. The molecule has 0 aliphatic rings. The third-order valence-corrected chi connectivity index (χ3v) is 4.95. The van der Waals surface area contributed by atoms with E-state index in [0.717, 1.165) is 39.2 Å². The normalized spacial score (nSPS) is 10.7. The molecule has 1 radical (unpaired) electrons. The van der Waals surface area contributed by atoms with Gasteiger partial charge in [-0.05, 0) is 19.4 Å². The Balaban J connectivity index is 0.000000378. The number of carbonyl (C=O) groups is 1. The summed E-state index contributed by atoms with van der Waals surface area (Å²) in [6.45, 7) is 2.85. The fourth-order valence-corrected chi connectivity index (χ4v) is 3.50. The molecule has 0 spiro atoms. The van der Waals surface area contributed by atoms with Crippen molar-refractivity contribution in [1.29, 1.82) is 0 Å². The fraction of sp³-hybridized carbons (Fsp3) is 0.0690. The van der Waals surface area contributed by atoms with Crippen LogP contribution in [0.2, 0.25) is 0 Å². The van der Waals surface area contributed by atoms with Gasteiger partial charge in [0.2, 0.25) is 0 Å². The van der Waals surface area contributed by atoms with E-state index in [-0.39, 0.29) is 31.6 Å². The van der Waals surface area contributed by atoms with Crippen molar-refractivity contribution in [3.63, 3.8) is 0 Å². The van der Waals surface area contributed by atoms with Gasteiger partial charge in [-0.15, -0.1) is 35.4 Å². The molecular weight excluding hydrogens is 617 g/mol. The summed E-state index contributed by atoms with van der Waals surface area (Å²) in [6.07, 6.45) is 2.74. The van der Waals surface area contributed by atoms with Gasteiger partial charge in [-0.25, -0.2) is 4.98 Å². The molecule has 0 aliphatic carbocycles. The topological polar surface area (TPSA) is 76.2 Å². The Bertz CT molecular complexity index is 1440. The van der Waals surface area contributed by atoms with Gasteiger partial charge in [-0.3, -0.25) is 9.78 Å². The van der Waals surface area contributed by atoms with Crippen molar-refractivity contribution in [2.45, 2.75) is 13.8 Å². The number of ketones is 1. The molecule has 2 heterocycles. The summed E-state index contributed by atoms with van der Waals surface area (Å²) in [5, 5.41) is 8.36. The van der Waals surface area contributed by atoms with Gasteiger partial charge in [0.1, 0.15) is 23.2 Å². The molecule has 0 fully saturated rings. The molecule has 5 aromatic rings. The summed E-state index contributed by atoms with van der Waals surface area (Å²) < 4.78 is 6.14. The minimum absolute atomic E-state index is 0. The first kappa shape index (κ1) is 25.8. The van der Waals surface area contributed by atoms with Crippen LogP contribution >= 0.6 is 0 Å². The number of furan rings is 1. The molecule has 0 amide bonds. The van der Waals surface area contributed by atoms with Crippen LogP contribution in [0.3, 0.4) is 0 Å². The van der Waals surface area contributed by atoms with Crippen LogP contribution in [0.15, 0.2) is 108 Å². The van der Waals surface area contributed by atoms with E-state index in [1.54, 1.807) is 6.33 Å². The van der Waals surface area contributed by atoms with E-state index in [1.165, 1.54) is 19.9 Å². The largest absolute Gasteiger partial charge is 0.512 e. The number of aliphatic hydroxyl groups excluding tert-OH is 1. The molecule has 177 valence electrons. The second-order valence-corrected chi connectivity index (χ2v) is 7.67. The van der Waals surface area contributed by atoms with Crippen LogP contribution < -0.4 is 0 Å². The Morgan fingerprint density at radius 2 is 1.54 bits per heavy atom. The van der Waals surface area contributed by atoms with Crippen LogP contribution in [0, 0.1) is 6.07 Å². The van der Waals surface area contributed by atoms with Gasteiger partial charge in [0.15, 0.2) is 5.78 Å². The Hall–Kier alpha value is -3.86. The number of fused-ring (bicyclic) bond motifs is 1. The van der Waals surface area contributed by atoms with Gasteiger partial charge in [-0.2, -0.15) is 0 Å². The maximum Gasteiger partial charge on any atom is 0.155 e. The van der Waals surface area contributed by atoms with Gasteiger partial charge in [0.25, 0.3) is 0 Å². The van der Waals surface area contributed by atoms with Crippen molar-refractivity contribution in [2.75, 3.05) is 0 Å². The molecule has 3 aromatic carbocycles. The number of benzene rings is 3. The minimum atomic E-state index is -0.125. The van der Waals surface area contributed by atoms with Crippen LogP contribution in [0.4, 0.5) is 0 Å². The zero-order valence-electron chi connectivity index (χ0n) is 19.2. The molecule has 1 N–H and O–H groups in total. The first-order valence-electron chi connectivity index (χ1n) is 10.8. The van der Waals surface area contributed by atoms with E-state index in [4.69, 9.17) is 9.52 Å². The van der Waals surface area contributed by atoms with Crippen molar-refractivity contribution < 1.29 is 34.4 Å². The molecule has 0 atom stereocenters. The van der Waals surface area contributed by atoms with Gasteiger partial charge < -0.3 is 9.52 Å². The van der Waals surface area contributed by atoms with Crippen LogP contribution in [0.1, 0.15) is 13.8 Å². The van der Waals surface area contributed by atoms with Crippen LogP contribution in [-0.4, -0.2) is 20.9 Å². The smallest absolute Gasteiger partial charge is 0.155 e. The Morgan fingerprint density at radius 1 is 0.886 bits per heavy atom. The van der Waals surface area contributed by atoms with Gasteiger partial charge >= 0.3 is 0 Å². The van der Waals surface area contributed by atoms with Crippen molar-refractivity contribution >= 4 is 16.9 Å². The predicted molar refractivity (Wildman–Crippen MR) is 134 cm³/mol. The van der Waals surface area contributed by atoms with E-state index in [0.29, 0.717) is 5.58 Å². The fourth-order valence-electron chi connectivity index (χ4n) is 3.50. The number of aliphatic hydroxyl groups is 1. The summed E-state index contributed by atoms with van der Waals surface area (Å²) in [4.78, 5) is 18.9. The maximum absolute atomic E-state index is 10.0. The van der Waals surface area contributed by atoms with Crippen molar-refractivity contribution in [2.24, 2.45) is 0 Å². The van der Waals surface area contributed by atoms with Gasteiger partial charge in [0.05, 0.1) is 5.76 Å². The van der Waals surface area contributed by atoms with E-state index < -0.39 is 0 Å². The second-order valence-electron chi connectivity index (χ2n) is 7.67. The number of hydrogen-bond acceptors (Lipinski definition) is 5. The first-order chi connectivity index (χ1) is 16.5. The maximum atomic E-state index is 10.0. The summed E-state index contributed by atoms with van der Waals surface area (Å²) in [7, 11) is 0. The number of aromatic nitrogens is 2. The third kappa shape index (κ3) is 6.60. The molecule has 0 unspecified atom stereocenters. The Morgan fingerprint density at radius 3 is 2.14 bits per heavy atom. The van der Waals surface area contributed by atoms with Gasteiger partial charge in [-0.1, -0.05) is 60.7 Å². The molecule has 0 saturated carbocycles. The summed E-state index contributed by atoms with van der Waals surface area (Å²) in [5.41, 5.74) is 6.39. The molecule has 5 rings (SSSR count). The van der Waals surface area contributed by atoms with Crippen LogP contribution in [0.25, 0.3) is 44.8 Å². The summed E-state index contributed by atoms with van der Waals surface area (Å²) in [6, 6.07) is 31.6. The molecule has 5 nitrogen and oxygen atoms in total. The van der Waals surface area contributed by atoms with E-state index in [2.05, 4.69) is 40.3 Å². The molecule has 35 heavy (non-hydrogen) atoms. The number of hydrogen-bond donors (Lipinski definition) is 1.